The second-order valence-corrected chi connectivity index (χ2v) is 8.60. The van der Waals surface area contributed by atoms with Crippen LogP contribution in [0.5, 0.6) is 0 Å². The number of carbonyl (C=O) groups excluding carboxylic acids is 1. The maximum Gasteiger partial charge on any atom is 0.224 e. The van der Waals surface area contributed by atoms with Gasteiger partial charge in [0.05, 0.1) is 11.6 Å². The van der Waals surface area contributed by atoms with Crippen molar-refractivity contribution in [1.82, 2.24) is 20.4 Å². The number of aromatic nitrogens is 2. The quantitative estimate of drug-likeness (QED) is 0.796. The standard InChI is InChI=1S/C24H33N5O/c1-19-8-5-6-15-28(19)17-14-25-24(30)21-11-7-16-29(18-21)23-13-12-22(26-27-23)20-9-3-2-4-10-20/h2-4,9-10,12-13,19,21H,5-8,11,14-18H2,1H3,(H,25,30). The monoisotopic (exact) mass is 407 g/mol. The van der Waals surface area contributed by atoms with Gasteiger partial charge in [-0.1, -0.05) is 36.8 Å². The van der Waals surface area contributed by atoms with Crippen LogP contribution in [0.25, 0.3) is 11.3 Å². The second kappa shape index (κ2) is 10.0. The van der Waals surface area contributed by atoms with Gasteiger partial charge in [0.1, 0.15) is 0 Å². The Bertz CT molecular complexity index is 810. The van der Waals surface area contributed by atoms with Gasteiger partial charge in [0, 0.05) is 37.8 Å². The summed E-state index contributed by atoms with van der Waals surface area (Å²) < 4.78 is 0. The van der Waals surface area contributed by atoms with Crippen molar-refractivity contribution in [3.63, 3.8) is 0 Å². The van der Waals surface area contributed by atoms with Crippen molar-refractivity contribution < 1.29 is 4.79 Å². The molecule has 6 nitrogen and oxygen atoms in total. The number of carbonyl (C=O) groups is 1. The third kappa shape index (κ3) is 5.17. The van der Waals surface area contributed by atoms with Crippen molar-refractivity contribution >= 4 is 11.7 Å². The summed E-state index contributed by atoms with van der Waals surface area (Å²) in [5.41, 5.74) is 1.94. The van der Waals surface area contributed by atoms with Gasteiger partial charge in [0.2, 0.25) is 5.91 Å². The lowest BCUT2D eigenvalue weighted by Gasteiger charge is -2.34. The minimum Gasteiger partial charge on any atom is -0.355 e. The van der Waals surface area contributed by atoms with Gasteiger partial charge < -0.3 is 10.2 Å². The predicted molar refractivity (Wildman–Crippen MR) is 120 cm³/mol. The molecule has 0 aliphatic carbocycles. The molecule has 2 aliphatic rings. The van der Waals surface area contributed by atoms with Crippen LogP contribution in [0.4, 0.5) is 5.82 Å². The molecular formula is C24H33N5O. The average Bonchev–Trinajstić information content (AvgIpc) is 2.81. The van der Waals surface area contributed by atoms with Gasteiger partial charge in [0.25, 0.3) is 0 Å². The molecule has 2 unspecified atom stereocenters. The molecule has 0 bridgehead atoms. The molecule has 2 atom stereocenters. The molecule has 0 spiro atoms. The third-order valence-electron chi connectivity index (χ3n) is 6.48. The van der Waals surface area contributed by atoms with E-state index in [4.69, 9.17) is 0 Å². The molecule has 2 saturated heterocycles. The largest absolute Gasteiger partial charge is 0.355 e. The first-order valence-electron chi connectivity index (χ1n) is 11.4. The van der Waals surface area contributed by atoms with Crippen LogP contribution in [0, 0.1) is 5.92 Å². The highest BCUT2D eigenvalue weighted by atomic mass is 16.1. The van der Waals surface area contributed by atoms with E-state index < -0.39 is 0 Å². The van der Waals surface area contributed by atoms with E-state index in [1.54, 1.807) is 0 Å². The highest BCUT2D eigenvalue weighted by Gasteiger charge is 2.27. The molecule has 2 aliphatic heterocycles. The average molecular weight is 408 g/mol. The Kier molecular flexibility index (Phi) is 6.95. The zero-order valence-corrected chi connectivity index (χ0v) is 18.0. The highest BCUT2D eigenvalue weighted by molar-refractivity contribution is 5.79. The first kappa shape index (κ1) is 20.8. The van der Waals surface area contributed by atoms with Gasteiger partial charge in [-0.05, 0) is 51.3 Å². The van der Waals surface area contributed by atoms with Crippen LogP contribution < -0.4 is 10.2 Å². The molecule has 2 aromatic rings. The van der Waals surface area contributed by atoms with Crippen LogP contribution in [0.15, 0.2) is 42.5 Å². The van der Waals surface area contributed by atoms with E-state index in [1.165, 1.54) is 19.3 Å². The fourth-order valence-corrected chi connectivity index (χ4v) is 4.61. The predicted octanol–water partition coefficient (Wildman–Crippen LogP) is 3.35. The molecule has 1 aromatic carbocycles. The van der Waals surface area contributed by atoms with Gasteiger partial charge in [-0.2, -0.15) is 0 Å². The van der Waals surface area contributed by atoms with Crippen molar-refractivity contribution in [2.75, 3.05) is 37.6 Å². The lowest BCUT2D eigenvalue weighted by molar-refractivity contribution is -0.125. The van der Waals surface area contributed by atoms with Crippen LogP contribution in [-0.4, -0.2) is 59.8 Å². The minimum absolute atomic E-state index is 0.0214. The van der Waals surface area contributed by atoms with E-state index in [9.17, 15) is 4.79 Å². The molecule has 30 heavy (non-hydrogen) atoms. The Morgan fingerprint density at radius 1 is 1.03 bits per heavy atom. The van der Waals surface area contributed by atoms with E-state index >= 15 is 0 Å². The third-order valence-corrected chi connectivity index (χ3v) is 6.48. The number of amides is 1. The van der Waals surface area contributed by atoms with E-state index in [-0.39, 0.29) is 11.8 Å². The molecule has 4 rings (SSSR count). The summed E-state index contributed by atoms with van der Waals surface area (Å²) in [4.78, 5) is 17.4. The van der Waals surface area contributed by atoms with Gasteiger partial charge >= 0.3 is 0 Å². The Labute approximate surface area is 179 Å². The second-order valence-electron chi connectivity index (χ2n) is 8.60. The Balaban J connectivity index is 1.29. The van der Waals surface area contributed by atoms with Gasteiger partial charge in [-0.15, -0.1) is 10.2 Å². The van der Waals surface area contributed by atoms with Crippen molar-refractivity contribution in [3.8, 4) is 11.3 Å². The number of piperidine rings is 2. The molecule has 3 heterocycles. The maximum absolute atomic E-state index is 12.7. The summed E-state index contributed by atoms with van der Waals surface area (Å²) in [6.07, 6.45) is 5.83. The number of hydrogen-bond acceptors (Lipinski definition) is 5. The van der Waals surface area contributed by atoms with Crippen LogP contribution in [0.1, 0.15) is 39.0 Å². The number of rotatable bonds is 6. The summed E-state index contributed by atoms with van der Waals surface area (Å²) in [6.45, 7) is 6.79. The number of hydrogen-bond donors (Lipinski definition) is 1. The molecule has 0 saturated carbocycles. The summed E-state index contributed by atoms with van der Waals surface area (Å²) in [6, 6.07) is 14.8. The maximum atomic E-state index is 12.7. The molecule has 1 amide bonds. The van der Waals surface area contributed by atoms with E-state index in [0.29, 0.717) is 12.6 Å². The zero-order chi connectivity index (χ0) is 20.8. The lowest BCUT2D eigenvalue weighted by atomic mass is 9.97. The number of anilines is 1. The summed E-state index contributed by atoms with van der Waals surface area (Å²) in [5, 5.41) is 12.0. The van der Waals surface area contributed by atoms with Gasteiger partial charge in [-0.25, -0.2) is 0 Å². The fraction of sp³-hybridized carbons (Fsp3) is 0.542. The Morgan fingerprint density at radius 2 is 1.90 bits per heavy atom. The first-order chi connectivity index (χ1) is 14.7. The van der Waals surface area contributed by atoms with Gasteiger partial charge in [-0.3, -0.25) is 9.69 Å². The van der Waals surface area contributed by atoms with Crippen LogP contribution in [-0.2, 0) is 4.79 Å². The molecule has 1 N–H and O–H groups in total. The van der Waals surface area contributed by atoms with Crippen LogP contribution in [0.3, 0.4) is 0 Å². The molecule has 160 valence electrons. The Morgan fingerprint density at radius 3 is 2.67 bits per heavy atom. The summed E-state index contributed by atoms with van der Waals surface area (Å²) in [5.74, 6) is 1.06. The summed E-state index contributed by atoms with van der Waals surface area (Å²) in [7, 11) is 0. The van der Waals surface area contributed by atoms with Crippen molar-refractivity contribution in [1.29, 1.82) is 0 Å². The summed E-state index contributed by atoms with van der Waals surface area (Å²) >= 11 is 0. The zero-order valence-electron chi connectivity index (χ0n) is 18.0. The number of benzene rings is 1. The van der Waals surface area contributed by atoms with E-state index in [0.717, 1.165) is 56.1 Å². The smallest absolute Gasteiger partial charge is 0.224 e. The SMILES string of the molecule is CC1CCCCN1CCNC(=O)C1CCCN(c2ccc(-c3ccccc3)nn2)C1. The van der Waals surface area contributed by atoms with Crippen LogP contribution in [0.2, 0.25) is 0 Å². The van der Waals surface area contributed by atoms with Crippen molar-refractivity contribution in [2.24, 2.45) is 5.92 Å². The highest BCUT2D eigenvalue weighted by Crippen LogP contribution is 2.23. The van der Waals surface area contributed by atoms with Crippen molar-refractivity contribution in [3.05, 3.63) is 42.5 Å². The molecular weight excluding hydrogens is 374 g/mol. The first-order valence-corrected chi connectivity index (χ1v) is 11.4. The lowest BCUT2D eigenvalue weighted by Crippen LogP contribution is -2.46. The van der Waals surface area contributed by atoms with Crippen LogP contribution >= 0.6 is 0 Å². The molecule has 0 radical (unpaired) electrons. The van der Waals surface area contributed by atoms with E-state index in [2.05, 4.69) is 32.2 Å². The molecule has 6 heteroatoms. The van der Waals surface area contributed by atoms with Crippen molar-refractivity contribution in [2.45, 2.75) is 45.1 Å². The normalized spacial score (nSPS) is 22.6. The Hall–Kier alpha value is -2.47. The number of nitrogens with zero attached hydrogens (tertiary/aromatic N) is 4. The number of likely N-dealkylation sites (tertiary alicyclic amines) is 1. The fourth-order valence-electron chi connectivity index (χ4n) is 4.61. The molecule has 1 aromatic heterocycles. The minimum atomic E-state index is 0.0214. The van der Waals surface area contributed by atoms with Gasteiger partial charge in [0.15, 0.2) is 5.82 Å². The van der Waals surface area contributed by atoms with E-state index in [1.807, 2.05) is 42.5 Å². The molecule has 2 fully saturated rings. The topological polar surface area (TPSA) is 61.4 Å². The number of nitrogens with one attached hydrogen (secondary N) is 1.